The van der Waals surface area contributed by atoms with Crippen molar-refractivity contribution >= 4 is 11.8 Å². The normalized spacial score (nSPS) is 11.7. The third kappa shape index (κ3) is 7.44. The number of aryl methyl sites for hydroxylation is 3. The van der Waals surface area contributed by atoms with E-state index in [1.807, 2.05) is 107 Å². The quantitative estimate of drug-likeness (QED) is 0.444. The van der Waals surface area contributed by atoms with Gasteiger partial charge in [0.15, 0.2) is 6.61 Å². The molecule has 184 valence electrons. The predicted molar refractivity (Wildman–Crippen MR) is 140 cm³/mol. The lowest BCUT2D eigenvalue weighted by atomic mass is 10.0. The van der Waals surface area contributed by atoms with Gasteiger partial charge in [0.2, 0.25) is 5.91 Å². The summed E-state index contributed by atoms with van der Waals surface area (Å²) in [6.07, 6.45) is 0.417. The van der Waals surface area contributed by atoms with E-state index in [1.165, 1.54) is 0 Å². The molecule has 0 aliphatic heterocycles. The van der Waals surface area contributed by atoms with Crippen molar-refractivity contribution in [1.82, 2.24) is 10.2 Å². The van der Waals surface area contributed by atoms with Gasteiger partial charge in [0.1, 0.15) is 11.8 Å². The zero-order chi connectivity index (χ0) is 25.4. The van der Waals surface area contributed by atoms with E-state index in [4.69, 9.17) is 4.74 Å². The molecule has 0 aliphatic carbocycles. The summed E-state index contributed by atoms with van der Waals surface area (Å²) in [6.45, 7) is 10.00. The van der Waals surface area contributed by atoms with E-state index in [0.717, 1.165) is 27.8 Å². The van der Waals surface area contributed by atoms with Crippen molar-refractivity contribution in [3.05, 3.63) is 101 Å². The first kappa shape index (κ1) is 26.0. The summed E-state index contributed by atoms with van der Waals surface area (Å²) in [5.41, 5.74) is 5.10. The Morgan fingerprint density at radius 3 is 2.26 bits per heavy atom. The molecule has 3 rings (SSSR count). The fourth-order valence-corrected chi connectivity index (χ4v) is 3.99. The second-order valence-corrected chi connectivity index (χ2v) is 9.37. The van der Waals surface area contributed by atoms with Gasteiger partial charge in [-0.2, -0.15) is 0 Å². The molecule has 2 amide bonds. The molecule has 0 saturated heterocycles. The largest absolute Gasteiger partial charge is 0.483 e. The van der Waals surface area contributed by atoms with Crippen molar-refractivity contribution in [2.45, 2.75) is 59.7 Å². The molecule has 1 atom stereocenters. The first-order valence-electron chi connectivity index (χ1n) is 12.1. The van der Waals surface area contributed by atoms with Gasteiger partial charge in [0, 0.05) is 19.0 Å². The minimum absolute atomic E-state index is 0.0395. The van der Waals surface area contributed by atoms with Gasteiger partial charge in [-0.05, 0) is 68.5 Å². The first-order valence-corrected chi connectivity index (χ1v) is 12.1. The minimum Gasteiger partial charge on any atom is -0.483 e. The van der Waals surface area contributed by atoms with Crippen LogP contribution in [0.4, 0.5) is 0 Å². The van der Waals surface area contributed by atoms with Gasteiger partial charge < -0.3 is 15.0 Å². The van der Waals surface area contributed by atoms with Gasteiger partial charge in [0.05, 0.1) is 0 Å². The van der Waals surface area contributed by atoms with Crippen molar-refractivity contribution in [2.75, 3.05) is 6.61 Å². The van der Waals surface area contributed by atoms with Crippen LogP contribution >= 0.6 is 0 Å². The summed E-state index contributed by atoms with van der Waals surface area (Å²) in [5, 5.41) is 3.02. The van der Waals surface area contributed by atoms with Crippen LogP contribution in [-0.4, -0.2) is 35.4 Å². The smallest absolute Gasteiger partial charge is 0.261 e. The van der Waals surface area contributed by atoms with Crippen LogP contribution in [0.2, 0.25) is 0 Å². The van der Waals surface area contributed by atoms with E-state index >= 15 is 0 Å². The molecule has 0 aromatic heterocycles. The number of nitrogens with one attached hydrogen (secondary N) is 1. The van der Waals surface area contributed by atoms with Crippen LogP contribution in [0.3, 0.4) is 0 Å². The van der Waals surface area contributed by atoms with E-state index in [-0.39, 0.29) is 24.5 Å². The Balaban J connectivity index is 1.94. The Kier molecular flexibility index (Phi) is 9.07. The third-order valence-electron chi connectivity index (χ3n) is 6.00. The number of carbonyl (C=O) groups excluding carboxylic acids is 2. The molecule has 0 saturated carbocycles. The molecule has 0 heterocycles. The predicted octanol–water partition coefficient (Wildman–Crippen LogP) is 5.16. The zero-order valence-corrected chi connectivity index (χ0v) is 21.4. The van der Waals surface area contributed by atoms with Gasteiger partial charge in [-0.3, -0.25) is 9.59 Å². The highest BCUT2D eigenvalue weighted by Crippen LogP contribution is 2.21. The maximum absolute atomic E-state index is 13.7. The molecule has 3 aromatic carbocycles. The number of carbonyl (C=O) groups is 2. The highest BCUT2D eigenvalue weighted by atomic mass is 16.5. The minimum atomic E-state index is -0.672. The molecule has 3 aromatic rings. The Morgan fingerprint density at radius 1 is 0.886 bits per heavy atom. The average Bonchev–Trinajstić information content (AvgIpc) is 2.83. The molecule has 0 unspecified atom stereocenters. The SMILES string of the molecule is Cc1ccc(C)c(OCC(=O)N(Cc2ccccc2C)[C@@H](Cc2ccccc2)C(=O)NC(C)C)c1. The lowest BCUT2D eigenvalue weighted by molar-refractivity contribution is -0.143. The Labute approximate surface area is 209 Å². The molecule has 0 spiro atoms. The summed E-state index contributed by atoms with van der Waals surface area (Å²) < 4.78 is 5.97. The van der Waals surface area contributed by atoms with Crippen molar-refractivity contribution in [3.8, 4) is 5.75 Å². The summed E-state index contributed by atoms with van der Waals surface area (Å²) in [6, 6.07) is 23.0. The van der Waals surface area contributed by atoms with E-state index in [1.54, 1.807) is 4.90 Å². The molecule has 0 aliphatic rings. The van der Waals surface area contributed by atoms with Crippen LogP contribution in [0.5, 0.6) is 5.75 Å². The molecule has 0 fully saturated rings. The van der Waals surface area contributed by atoms with Crippen LogP contribution in [0, 0.1) is 20.8 Å². The Morgan fingerprint density at radius 2 is 1.57 bits per heavy atom. The summed E-state index contributed by atoms with van der Waals surface area (Å²) in [5.74, 6) is 0.284. The van der Waals surface area contributed by atoms with Crippen molar-refractivity contribution in [2.24, 2.45) is 0 Å². The van der Waals surface area contributed by atoms with Crippen molar-refractivity contribution in [3.63, 3.8) is 0 Å². The van der Waals surface area contributed by atoms with Crippen LogP contribution in [0.15, 0.2) is 72.8 Å². The lowest BCUT2D eigenvalue weighted by Gasteiger charge is -2.32. The molecule has 1 N–H and O–H groups in total. The number of hydrogen-bond donors (Lipinski definition) is 1. The molecular weight excluding hydrogens is 436 g/mol. The maximum atomic E-state index is 13.7. The van der Waals surface area contributed by atoms with Crippen LogP contribution in [0.25, 0.3) is 0 Å². The van der Waals surface area contributed by atoms with Crippen LogP contribution in [0.1, 0.15) is 41.7 Å². The number of benzene rings is 3. The third-order valence-corrected chi connectivity index (χ3v) is 6.00. The molecule has 0 radical (unpaired) electrons. The zero-order valence-electron chi connectivity index (χ0n) is 21.4. The number of rotatable bonds is 10. The molecular formula is C30H36N2O3. The average molecular weight is 473 g/mol. The lowest BCUT2D eigenvalue weighted by Crippen LogP contribution is -2.53. The number of amides is 2. The van der Waals surface area contributed by atoms with E-state index in [2.05, 4.69) is 5.32 Å². The topological polar surface area (TPSA) is 58.6 Å². The van der Waals surface area contributed by atoms with Gasteiger partial charge in [0.25, 0.3) is 5.91 Å². The number of hydrogen-bond acceptors (Lipinski definition) is 3. The maximum Gasteiger partial charge on any atom is 0.261 e. The van der Waals surface area contributed by atoms with Crippen molar-refractivity contribution < 1.29 is 14.3 Å². The van der Waals surface area contributed by atoms with Gasteiger partial charge in [-0.25, -0.2) is 0 Å². The highest BCUT2D eigenvalue weighted by molar-refractivity contribution is 5.88. The molecule has 35 heavy (non-hydrogen) atoms. The Hall–Kier alpha value is -3.60. The van der Waals surface area contributed by atoms with Gasteiger partial charge >= 0.3 is 0 Å². The number of nitrogens with zero attached hydrogens (tertiary/aromatic N) is 1. The second-order valence-electron chi connectivity index (χ2n) is 9.37. The van der Waals surface area contributed by atoms with E-state index in [9.17, 15) is 9.59 Å². The fraction of sp³-hybridized carbons (Fsp3) is 0.333. The molecule has 5 heteroatoms. The van der Waals surface area contributed by atoms with E-state index in [0.29, 0.717) is 18.7 Å². The molecule has 5 nitrogen and oxygen atoms in total. The fourth-order valence-electron chi connectivity index (χ4n) is 3.99. The summed E-state index contributed by atoms with van der Waals surface area (Å²) in [4.78, 5) is 28.7. The van der Waals surface area contributed by atoms with Crippen LogP contribution in [-0.2, 0) is 22.6 Å². The van der Waals surface area contributed by atoms with Gasteiger partial charge in [-0.1, -0.05) is 66.7 Å². The van der Waals surface area contributed by atoms with E-state index < -0.39 is 6.04 Å². The van der Waals surface area contributed by atoms with Gasteiger partial charge in [-0.15, -0.1) is 0 Å². The Bertz CT molecular complexity index is 1140. The second kappa shape index (κ2) is 12.2. The molecule has 0 bridgehead atoms. The number of ether oxygens (including phenoxy) is 1. The first-order chi connectivity index (χ1) is 16.7. The summed E-state index contributed by atoms with van der Waals surface area (Å²) in [7, 11) is 0. The standard InChI is InChI=1S/C30H36N2O3/c1-21(2)31-30(34)27(18-25-12-7-6-8-13-25)32(19-26-14-10-9-11-23(26)4)29(33)20-35-28-17-22(3)15-16-24(28)5/h6-17,21,27H,18-20H2,1-5H3,(H,31,34)/t27-/m0/s1. The van der Waals surface area contributed by atoms with Crippen LogP contribution < -0.4 is 10.1 Å². The summed E-state index contributed by atoms with van der Waals surface area (Å²) >= 11 is 0. The highest BCUT2D eigenvalue weighted by Gasteiger charge is 2.31. The monoisotopic (exact) mass is 472 g/mol. The van der Waals surface area contributed by atoms with Crippen molar-refractivity contribution in [1.29, 1.82) is 0 Å².